The number of hydrogen-bond donors (Lipinski definition) is 2. The van der Waals surface area contributed by atoms with Crippen molar-refractivity contribution in [3.8, 4) is 0 Å². The summed E-state index contributed by atoms with van der Waals surface area (Å²) in [6.45, 7) is 6.61. The summed E-state index contributed by atoms with van der Waals surface area (Å²) in [5.74, 6) is 0. The van der Waals surface area contributed by atoms with E-state index in [1.807, 2.05) is 30.6 Å². The van der Waals surface area contributed by atoms with Crippen LogP contribution in [0.1, 0.15) is 27.9 Å². The SMILES string of the molecule is Cc1ccc2[nH]c(C)c(CCN(Cc3ccncc3)C(=S)NCc3ccccc3)c2c1. The van der Waals surface area contributed by atoms with E-state index < -0.39 is 0 Å². The van der Waals surface area contributed by atoms with Gasteiger partial charge >= 0.3 is 0 Å². The topological polar surface area (TPSA) is 44.0 Å². The number of aromatic nitrogens is 2. The zero-order chi connectivity index (χ0) is 21.6. The lowest BCUT2D eigenvalue weighted by atomic mass is 10.1. The Morgan fingerprint density at radius 1 is 1.00 bits per heavy atom. The molecule has 2 N–H and O–H groups in total. The minimum atomic E-state index is 0.720. The van der Waals surface area contributed by atoms with Gasteiger partial charge in [0, 0.05) is 48.6 Å². The number of pyridine rings is 1. The number of nitrogens with one attached hydrogen (secondary N) is 2. The van der Waals surface area contributed by atoms with E-state index in [4.69, 9.17) is 12.2 Å². The van der Waals surface area contributed by atoms with E-state index in [9.17, 15) is 0 Å². The highest BCUT2D eigenvalue weighted by Crippen LogP contribution is 2.24. The number of hydrogen-bond acceptors (Lipinski definition) is 2. The highest BCUT2D eigenvalue weighted by atomic mass is 32.1. The fourth-order valence-corrected chi connectivity index (χ4v) is 4.14. The summed E-state index contributed by atoms with van der Waals surface area (Å²) in [6.07, 6.45) is 4.59. The van der Waals surface area contributed by atoms with Crippen LogP contribution in [-0.2, 0) is 19.5 Å². The molecule has 4 aromatic rings. The fraction of sp³-hybridized carbons (Fsp3) is 0.231. The van der Waals surface area contributed by atoms with Crippen molar-refractivity contribution >= 4 is 28.2 Å². The number of aromatic amines is 1. The molecule has 158 valence electrons. The standard InChI is InChI=1S/C26H28N4S/c1-19-8-9-25-24(16-19)23(20(2)29-25)12-15-30(18-22-10-13-27-14-11-22)26(31)28-17-21-6-4-3-5-7-21/h3-11,13-14,16,29H,12,15,17-18H2,1-2H3,(H,28,31). The van der Waals surface area contributed by atoms with Gasteiger partial charge in [0.1, 0.15) is 0 Å². The van der Waals surface area contributed by atoms with Crippen molar-refractivity contribution < 1.29 is 0 Å². The molecule has 0 spiro atoms. The van der Waals surface area contributed by atoms with E-state index in [-0.39, 0.29) is 0 Å². The Bertz CT molecular complexity index is 1150. The number of nitrogens with zero attached hydrogens (tertiary/aromatic N) is 2. The Kier molecular flexibility index (Phi) is 6.63. The van der Waals surface area contributed by atoms with Gasteiger partial charge in [-0.3, -0.25) is 4.98 Å². The molecule has 4 rings (SSSR count). The number of aryl methyl sites for hydroxylation is 2. The van der Waals surface area contributed by atoms with Gasteiger partial charge in [0.2, 0.25) is 0 Å². The van der Waals surface area contributed by atoms with Crippen LogP contribution in [0.5, 0.6) is 0 Å². The van der Waals surface area contributed by atoms with Gasteiger partial charge in [-0.05, 0) is 73.4 Å². The van der Waals surface area contributed by atoms with E-state index in [1.54, 1.807) is 0 Å². The summed E-state index contributed by atoms with van der Waals surface area (Å²) < 4.78 is 0. The Hall–Kier alpha value is -3.18. The Balaban J connectivity index is 1.51. The number of benzene rings is 2. The van der Waals surface area contributed by atoms with Crippen molar-refractivity contribution in [2.75, 3.05) is 6.54 Å². The normalized spacial score (nSPS) is 10.9. The number of rotatable bonds is 7. The monoisotopic (exact) mass is 428 g/mol. The first kappa shape index (κ1) is 21.1. The molecule has 0 amide bonds. The third kappa shape index (κ3) is 5.30. The van der Waals surface area contributed by atoms with E-state index >= 15 is 0 Å². The van der Waals surface area contributed by atoms with Gasteiger partial charge in [0.15, 0.2) is 5.11 Å². The summed E-state index contributed by atoms with van der Waals surface area (Å²) in [5.41, 5.74) is 7.49. The van der Waals surface area contributed by atoms with Crippen LogP contribution in [0.15, 0.2) is 73.1 Å². The van der Waals surface area contributed by atoms with Crippen molar-refractivity contribution in [2.45, 2.75) is 33.4 Å². The molecule has 0 aliphatic rings. The Morgan fingerprint density at radius 3 is 2.55 bits per heavy atom. The predicted octanol–water partition coefficient (Wildman–Crippen LogP) is 5.30. The van der Waals surface area contributed by atoms with Crippen molar-refractivity contribution in [1.29, 1.82) is 0 Å². The molecule has 0 aliphatic heterocycles. The summed E-state index contributed by atoms with van der Waals surface area (Å²) in [6, 6.07) is 21.0. The van der Waals surface area contributed by atoms with Crippen molar-refractivity contribution in [2.24, 2.45) is 0 Å². The summed E-state index contributed by atoms with van der Waals surface area (Å²) in [5, 5.41) is 5.53. The highest BCUT2D eigenvalue weighted by Gasteiger charge is 2.14. The lowest BCUT2D eigenvalue weighted by Crippen LogP contribution is -2.40. The average Bonchev–Trinajstić information content (AvgIpc) is 3.10. The van der Waals surface area contributed by atoms with Crippen LogP contribution in [0, 0.1) is 13.8 Å². The van der Waals surface area contributed by atoms with Gasteiger partial charge in [-0.25, -0.2) is 0 Å². The largest absolute Gasteiger partial charge is 0.358 e. The second-order valence-electron chi connectivity index (χ2n) is 7.95. The summed E-state index contributed by atoms with van der Waals surface area (Å²) >= 11 is 5.81. The van der Waals surface area contributed by atoms with Crippen LogP contribution < -0.4 is 5.32 Å². The molecule has 5 heteroatoms. The third-order valence-electron chi connectivity index (χ3n) is 5.60. The molecule has 0 saturated heterocycles. The molecule has 0 aliphatic carbocycles. The second kappa shape index (κ2) is 9.75. The Labute approximate surface area is 189 Å². The summed E-state index contributed by atoms with van der Waals surface area (Å²) in [7, 11) is 0. The van der Waals surface area contributed by atoms with Crippen LogP contribution in [0.25, 0.3) is 10.9 Å². The molecule has 0 saturated carbocycles. The third-order valence-corrected chi connectivity index (χ3v) is 6.01. The first-order chi connectivity index (χ1) is 15.1. The number of thiocarbonyl (C=S) groups is 1. The quantitative estimate of drug-likeness (QED) is 0.392. The maximum atomic E-state index is 5.81. The molecule has 2 aromatic heterocycles. The van der Waals surface area contributed by atoms with Crippen molar-refractivity contribution in [3.05, 3.63) is 101 Å². The minimum Gasteiger partial charge on any atom is -0.358 e. The van der Waals surface area contributed by atoms with E-state index in [0.717, 1.165) is 31.2 Å². The van der Waals surface area contributed by atoms with Crippen LogP contribution >= 0.6 is 12.2 Å². The van der Waals surface area contributed by atoms with E-state index in [0.29, 0.717) is 0 Å². The molecule has 0 fully saturated rings. The molecule has 2 aromatic carbocycles. The number of fused-ring (bicyclic) bond motifs is 1. The predicted molar refractivity (Wildman–Crippen MR) is 132 cm³/mol. The molecule has 31 heavy (non-hydrogen) atoms. The Morgan fingerprint density at radius 2 is 1.77 bits per heavy atom. The fourth-order valence-electron chi connectivity index (χ4n) is 3.91. The lowest BCUT2D eigenvalue weighted by Gasteiger charge is -2.26. The maximum Gasteiger partial charge on any atom is 0.169 e. The summed E-state index contributed by atoms with van der Waals surface area (Å²) in [4.78, 5) is 9.92. The van der Waals surface area contributed by atoms with E-state index in [1.165, 1.54) is 38.9 Å². The van der Waals surface area contributed by atoms with Crippen LogP contribution in [-0.4, -0.2) is 26.5 Å². The van der Waals surface area contributed by atoms with Gasteiger partial charge in [-0.2, -0.15) is 0 Å². The molecular weight excluding hydrogens is 400 g/mol. The van der Waals surface area contributed by atoms with Gasteiger partial charge in [-0.1, -0.05) is 42.0 Å². The van der Waals surface area contributed by atoms with E-state index in [2.05, 4.69) is 76.5 Å². The van der Waals surface area contributed by atoms with Gasteiger partial charge in [0.25, 0.3) is 0 Å². The molecule has 0 atom stereocenters. The highest BCUT2D eigenvalue weighted by molar-refractivity contribution is 7.80. The zero-order valence-corrected chi connectivity index (χ0v) is 18.9. The maximum absolute atomic E-state index is 5.81. The molecule has 4 nitrogen and oxygen atoms in total. The second-order valence-corrected chi connectivity index (χ2v) is 8.34. The van der Waals surface area contributed by atoms with Crippen LogP contribution in [0.4, 0.5) is 0 Å². The van der Waals surface area contributed by atoms with Crippen molar-refractivity contribution in [1.82, 2.24) is 20.2 Å². The zero-order valence-electron chi connectivity index (χ0n) is 18.1. The van der Waals surface area contributed by atoms with Crippen LogP contribution in [0.2, 0.25) is 0 Å². The first-order valence-electron chi connectivity index (χ1n) is 10.6. The molecule has 0 unspecified atom stereocenters. The first-order valence-corrected chi connectivity index (χ1v) is 11.0. The molecule has 2 heterocycles. The molecule has 0 radical (unpaired) electrons. The van der Waals surface area contributed by atoms with Gasteiger partial charge < -0.3 is 15.2 Å². The lowest BCUT2D eigenvalue weighted by molar-refractivity contribution is 0.409. The van der Waals surface area contributed by atoms with Crippen molar-refractivity contribution in [3.63, 3.8) is 0 Å². The molecule has 0 bridgehead atoms. The van der Waals surface area contributed by atoms with Gasteiger partial charge in [0.05, 0.1) is 0 Å². The number of H-pyrrole nitrogens is 1. The molecular formula is C26H28N4S. The minimum absolute atomic E-state index is 0.720. The average molecular weight is 429 g/mol. The van der Waals surface area contributed by atoms with Gasteiger partial charge in [-0.15, -0.1) is 0 Å². The smallest absolute Gasteiger partial charge is 0.169 e. The van der Waals surface area contributed by atoms with Crippen LogP contribution in [0.3, 0.4) is 0 Å².